The minimum absolute atomic E-state index is 0. The standard InChI is InChI=1S/C19H36N6O.HI/c1-5-20-18(21-10-7-16-8-11-25(6-2)12-9-16)22-15-19(3,26)17-13-23-24(4)14-17;/h13-14,16,26H,5-12,15H2,1-4H3,(H2,20,21,22);1H. The second-order valence-electron chi connectivity index (χ2n) is 7.46. The third kappa shape index (κ3) is 7.95. The molecule has 156 valence electrons. The Labute approximate surface area is 181 Å². The Kier molecular flexibility index (Phi) is 10.6. The van der Waals surface area contributed by atoms with Gasteiger partial charge in [0.2, 0.25) is 0 Å². The molecule has 0 bridgehead atoms. The highest BCUT2D eigenvalue weighted by Crippen LogP contribution is 2.20. The Hall–Kier alpha value is -0.870. The Balaban J connectivity index is 0.00000364. The highest BCUT2D eigenvalue weighted by Gasteiger charge is 2.24. The second kappa shape index (κ2) is 11.9. The van der Waals surface area contributed by atoms with Crippen molar-refractivity contribution in [3.05, 3.63) is 18.0 Å². The average molecular weight is 492 g/mol. The maximum Gasteiger partial charge on any atom is 0.191 e. The maximum atomic E-state index is 10.7. The number of rotatable bonds is 8. The number of aromatic nitrogens is 2. The van der Waals surface area contributed by atoms with Crippen LogP contribution in [-0.2, 0) is 12.6 Å². The number of hydrogen-bond acceptors (Lipinski definition) is 4. The van der Waals surface area contributed by atoms with Gasteiger partial charge in [-0.05, 0) is 58.7 Å². The molecule has 2 heterocycles. The molecule has 1 aliphatic rings. The number of nitrogens with one attached hydrogen (secondary N) is 2. The number of likely N-dealkylation sites (tertiary alicyclic amines) is 1. The van der Waals surface area contributed by atoms with Crippen LogP contribution >= 0.6 is 24.0 Å². The van der Waals surface area contributed by atoms with Gasteiger partial charge in [0.25, 0.3) is 0 Å². The van der Waals surface area contributed by atoms with Crippen LogP contribution in [0.4, 0.5) is 0 Å². The number of aryl methyl sites for hydroxylation is 1. The number of halogens is 1. The minimum Gasteiger partial charge on any atom is -0.383 e. The van der Waals surface area contributed by atoms with Crippen molar-refractivity contribution in [2.24, 2.45) is 18.0 Å². The molecule has 1 atom stereocenters. The zero-order valence-electron chi connectivity index (χ0n) is 17.2. The van der Waals surface area contributed by atoms with E-state index in [1.54, 1.807) is 17.8 Å². The van der Waals surface area contributed by atoms with Crippen LogP contribution in [0.3, 0.4) is 0 Å². The van der Waals surface area contributed by atoms with Crippen molar-refractivity contribution >= 4 is 29.9 Å². The van der Waals surface area contributed by atoms with Gasteiger partial charge >= 0.3 is 0 Å². The number of hydrogen-bond donors (Lipinski definition) is 3. The van der Waals surface area contributed by atoms with E-state index >= 15 is 0 Å². The SMILES string of the molecule is CCNC(=NCC(C)(O)c1cnn(C)c1)NCCC1CCN(CC)CC1.I. The predicted octanol–water partition coefficient (Wildman–Crippen LogP) is 1.92. The summed E-state index contributed by atoms with van der Waals surface area (Å²) < 4.78 is 1.70. The van der Waals surface area contributed by atoms with Gasteiger partial charge in [-0.1, -0.05) is 6.92 Å². The Morgan fingerprint density at radius 1 is 1.33 bits per heavy atom. The van der Waals surface area contributed by atoms with E-state index in [0.29, 0.717) is 6.54 Å². The molecule has 27 heavy (non-hydrogen) atoms. The van der Waals surface area contributed by atoms with Gasteiger partial charge in [-0.3, -0.25) is 4.68 Å². The lowest BCUT2D eigenvalue weighted by atomic mass is 9.93. The summed E-state index contributed by atoms with van der Waals surface area (Å²) in [7, 11) is 1.85. The van der Waals surface area contributed by atoms with Crippen molar-refractivity contribution in [2.75, 3.05) is 39.3 Å². The number of guanidine groups is 1. The average Bonchev–Trinajstić information content (AvgIpc) is 3.08. The zero-order valence-corrected chi connectivity index (χ0v) is 19.6. The molecule has 7 nitrogen and oxygen atoms in total. The van der Waals surface area contributed by atoms with Crippen molar-refractivity contribution in [1.29, 1.82) is 0 Å². The number of nitrogens with zero attached hydrogens (tertiary/aromatic N) is 4. The predicted molar refractivity (Wildman–Crippen MR) is 122 cm³/mol. The van der Waals surface area contributed by atoms with Crippen molar-refractivity contribution in [1.82, 2.24) is 25.3 Å². The third-order valence-corrected chi connectivity index (χ3v) is 5.22. The first-order valence-electron chi connectivity index (χ1n) is 9.90. The molecular formula is C19H37IN6O. The van der Waals surface area contributed by atoms with Crippen molar-refractivity contribution in [3.63, 3.8) is 0 Å². The van der Waals surface area contributed by atoms with E-state index in [0.717, 1.165) is 30.5 Å². The Bertz CT molecular complexity index is 566. The van der Waals surface area contributed by atoms with Gasteiger partial charge in [0.1, 0.15) is 5.60 Å². The molecule has 0 spiro atoms. The quantitative estimate of drug-likeness (QED) is 0.294. The van der Waals surface area contributed by atoms with E-state index in [2.05, 4.69) is 39.5 Å². The summed E-state index contributed by atoms with van der Waals surface area (Å²) in [6.45, 7) is 11.7. The molecule has 1 saturated heterocycles. The van der Waals surface area contributed by atoms with Crippen LogP contribution in [0, 0.1) is 5.92 Å². The first kappa shape index (κ1) is 24.2. The van der Waals surface area contributed by atoms with Crippen LogP contribution in [0.2, 0.25) is 0 Å². The Morgan fingerprint density at radius 2 is 2.04 bits per heavy atom. The van der Waals surface area contributed by atoms with Gasteiger partial charge in [-0.15, -0.1) is 24.0 Å². The molecule has 3 N–H and O–H groups in total. The molecule has 1 unspecified atom stereocenters. The fourth-order valence-electron chi connectivity index (χ4n) is 3.35. The van der Waals surface area contributed by atoms with E-state index in [4.69, 9.17) is 0 Å². The summed E-state index contributed by atoms with van der Waals surface area (Å²) in [5.41, 5.74) is -0.244. The van der Waals surface area contributed by atoms with Crippen LogP contribution in [0.1, 0.15) is 45.6 Å². The van der Waals surface area contributed by atoms with Gasteiger partial charge in [0.05, 0.1) is 12.7 Å². The topological polar surface area (TPSA) is 77.7 Å². The van der Waals surface area contributed by atoms with Crippen LogP contribution in [-0.4, -0.2) is 65.0 Å². The van der Waals surface area contributed by atoms with Gasteiger partial charge in [-0.2, -0.15) is 5.10 Å². The molecule has 1 fully saturated rings. The summed E-state index contributed by atoms with van der Waals surface area (Å²) in [5.74, 6) is 1.56. The van der Waals surface area contributed by atoms with Gasteiger partial charge in [0, 0.05) is 31.9 Å². The summed E-state index contributed by atoms with van der Waals surface area (Å²) >= 11 is 0. The van der Waals surface area contributed by atoms with Crippen molar-refractivity contribution in [3.8, 4) is 0 Å². The highest BCUT2D eigenvalue weighted by atomic mass is 127. The fraction of sp³-hybridized carbons (Fsp3) is 0.789. The Morgan fingerprint density at radius 3 is 2.59 bits per heavy atom. The van der Waals surface area contributed by atoms with E-state index in [1.807, 2.05) is 13.2 Å². The molecule has 0 aromatic carbocycles. The molecule has 0 radical (unpaired) electrons. The minimum atomic E-state index is -1.02. The van der Waals surface area contributed by atoms with Crippen molar-refractivity contribution in [2.45, 2.75) is 45.6 Å². The van der Waals surface area contributed by atoms with E-state index in [9.17, 15) is 5.11 Å². The molecule has 1 aromatic rings. The molecule has 0 amide bonds. The van der Waals surface area contributed by atoms with E-state index < -0.39 is 5.60 Å². The van der Waals surface area contributed by atoms with Crippen LogP contribution < -0.4 is 10.6 Å². The van der Waals surface area contributed by atoms with Gasteiger partial charge in [0.15, 0.2) is 5.96 Å². The second-order valence-corrected chi connectivity index (χ2v) is 7.46. The fourth-order valence-corrected chi connectivity index (χ4v) is 3.35. The summed E-state index contributed by atoms with van der Waals surface area (Å²) in [5, 5.41) is 21.5. The van der Waals surface area contributed by atoms with Gasteiger partial charge in [-0.25, -0.2) is 4.99 Å². The number of aliphatic imine (C=N–C) groups is 1. The molecular weight excluding hydrogens is 455 g/mol. The number of aliphatic hydroxyl groups is 1. The van der Waals surface area contributed by atoms with Crippen LogP contribution in [0.15, 0.2) is 17.4 Å². The lowest BCUT2D eigenvalue weighted by molar-refractivity contribution is 0.0671. The molecule has 1 aromatic heterocycles. The lowest BCUT2D eigenvalue weighted by Gasteiger charge is -2.31. The third-order valence-electron chi connectivity index (χ3n) is 5.22. The normalized spacial score (nSPS) is 18.6. The van der Waals surface area contributed by atoms with Crippen LogP contribution in [0.5, 0.6) is 0 Å². The first-order valence-corrected chi connectivity index (χ1v) is 9.90. The molecule has 0 saturated carbocycles. The molecule has 0 aliphatic carbocycles. The monoisotopic (exact) mass is 492 g/mol. The molecule has 8 heteroatoms. The smallest absolute Gasteiger partial charge is 0.191 e. The number of piperidine rings is 1. The van der Waals surface area contributed by atoms with E-state index in [1.165, 1.54) is 38.9 Å². The highest BCUT2D eigenvalue weighted by molar-refractivity contribution is 14.0. The summed E-state index contributed by atoms with van der Waals surface area (Å²) in [6.07, 6.45) is 7.27. The zero-order chi connectivity index (χ0) is 19.0. The summed E-state index contributed by atoms with van der Waals surface area (Å²) in [6, 6.07) is 0. The lowest BCUT2D eigenvalue weighted by Crippen LogP contribution is -2.40. The summed E-state index contributed by atoms with van der Waals surface area (Å²) in [4.78, 5) is 7.10. The van der Waals surface area contributed by atoms with E-state index in [-0.39, 0.29) is 24.0 Å². The first-order chi connectivity index (χ1) is 12.4. The van der Waals surface area contributed by atoms with Crippen LogP contribution in [0.25, 0.3) is 0 Å². The molecule has 1 aliphatic heterocycles. The largest absolute Gasteiger partial charge is 0.383 e. The van der Waals surface area contributed by atoms with Crippen molar-refractivity contribution < 1.29 is 5.11 Å². The van der Waals surface area contributed by atoms with Gasteiger partial charge < -0.3 is 20.6 Å². The molecule has 2 rings (SSSR count). The maximum absolute atomic E-state index is 10.7.